The Hall–Kier alpha value is -2.28. The van der Waals surface area contributed by atoms with Crippen molar-refractivity contribution >= 4 is 5.91 Å². The van der Waals surface area contributed by atoms with Gasteiger partial charge in [0.15, 0.2) is 0 Å². The second kappa shape index (κ2) is 7.32. The second-order valence-corrected chi connectivity index (χ2v) is 5.98. The summed E-state index contributed by atoms with van der Waals surface area (Å²) < 4.78 is 4.63. The lowest BCUT2D eigenvalue weighted by Crippen LogP contribution is -2.47. The average molecular weight is 315 g/mol. The summed E-state index contributed by atoms with van der Waals surface area (Å²) >= 11 is 0. The zero-order valence-electron chi connectivity index (χ0n) is 13.2. The molecule has 2 aromatic heterocycles. The molecule has 1 amide bonds. The molecule has 0 bridgehead atoms. The maximum absolute atomic E-state index is 12.1. The first-order valence-corrected chi connectivity index (χ1v) is 7.89. The fourth-order valence-electron chi connectivity index (χ4n) is 2.91. The SMILES string of the molecule is Cc1nonc1CC(=O)N[C@H]1CCCN(Cc2cccnc2)C1. The van der Waals surface area contributed by atoms with Crippen molar-refractivity contribution in [3.05, 3.63) is 41.5 Å². The Balaban J connectivity index is 1.50. The van der Waals surface area contributed by atoms with Crippen LogP contribution in [0.15, 0.2) is 29.2 Å². The summed E-state index contributed by atoms with van der Waals surface area (Å²) in [5.41, 5.74) is 2.47. The number of nitrogens with one attached hydrogen (secondary N) is 1. The maximum atomic E-state index is 12.1. The average Bonchev–Trinajstić information content (AvgIpc) is 2.93. The van der Waals surface area contributed by atoms with E-state index in [2.05, 4.69) is 36.2 Å². The van der Waals surface area contributed by atoms with Crippen molar-refractivity contribution in [2.24, 2.45) is 0 Å². The largest absolute Gasteiger partial charge is 0.352 e. The molecule has 1 atom stereocenters. The minimum atomic E-state index is -0.0305. The fraction of sp³-hybridized carbons (Fsp3) is 0.500. The summed E-state index contributed by atoms with van der Waals surface area (Å²) in [6, 6.07) is 4.20. The van der Waals surface area contributed by atoms with Crippen LogP contribution in [0.3, 0.4) is 0 Å². The molecule has 1 fully saturated rings. The van der Waals surface area contributed by atoms with Crippen molar-refractivity contribution in [2.75, 3.05) is 13.1 Å². The van der Waals surface area contributed by atoms with Crippen LogP contribution in [0.4, 0.5) is 0 Å². The molecule has 3 rings (SSSR count). The Bertz CT molecular complexity index is 643. The standard InChI is InChI=1S/C16H21N5O2/c1-12-15(20-23-19-12)8-16(22)18-14-5-3-7-21(11-14)10-13-4-2-6-17-9-13/h2,4,6,9,14H,3,5,7-8,10-11H2,1H3,(H,18,22)/t14-/m0/s1. The molecule has 23 heavy (non-hydrogen) atoms. The van der Waals surface area contributed by atoms with Gasteiger partial charge in [0.2, 0.25) is 5.91 Å². The zero-order valence-corrected chi connectivity index (χ0v) is 13.2. The van der Waals surface area contributed by atoms with E-state index >= 15 is 0 Å². The molecule has 0 radical (unpaired) electrons. The van der Waals surface area contributed by atoms with E-state index in [1.807, 2.05) is 12.3 Å². The normalized spacial score (nSPS) is 18.7. The van der Waals surface area contributed by atoms with Gasteiger partial charge in [0.05, 0.1) is 6.42 Å². The first-order valence-electron chi connectivity index (χ1n) is 7.89. The number of pyridine rings is 1. The third kappa shape index (κ3) is 4.35. The summed E-state index contributed by atoms with van der Waals surface area (Å²) in [7, 11) is 0. The van der Waals surface area contributed by atoms with Gasteiger partial charge >= 0.3 is 0 Å². The van der Waals surface area contributed by atoms with Gasteiger partial charge in [-0.25, -0.2) is 4.63 Å². The molecule has 1 N–H and O–H groups in total. The summed E-state index contributed by atoms with van der Waals surface area (Å²) in [5.74, 6) is -0.0305. The van der Waals surface area contributed by atoms with Crippen LogP contribution in [0.1, 0.15) is 29.8 Å². The van der Waals surface area contributed by atoms with E-state index < -0.39 is 0 Å². The number of amides is 1. The Labute approximate surface area is 135 Å². The molecule has 1 aliphatic rings. The molecule has 7 nitrogen and oxygen atoms in total. The first-order chi connectivity index (χ1) is 11.2. The van der Waals surface area contributed by atoms with Gasteiger partial charge in [-0.15, -0.1) is 0 Å². The lowest BCUT2D eigenvalue weighted by atomic mass is 10.0. The van der Waals surface area contributed by atoms with E-state index in [0.29, 0.717) is 11.4 Å². The Morgan fingerprint density at radius 1 is 1.48 bits per heavy atom. The summed E-state index contributed by atoms with van der Waals surface area (Å²) in [6.45, 7) is 4.56. The minimum Gasteiger partial charge on any atom is -0.352 e. The highest BCUT2D eigenvalue weighted by atomic mass is 16.6. The van der Waals surface area contributed by atoms with Crippen LogP contribution < -0.4 is 5.32 Å². The number of carbonyl (C=O) groups excluding carboxylic acids is 1. The molecule has 0 aliphatic carbocycles. The molecule has 2 aromatic rings. The highest BCUT2D eigenvalue weighted by Crippen LogP contribution is 2.13. The van der Waals surface area contributed by atoms with Gasteiger partial charge in [-0.3, -0.25) is 14.7 Å². The topological polar surface area (TPSA) is 84.1 Å². The van der Waals surface area contributed by atoms with Crippen molar-refractivity contribution in [1.29, 1.82) is 0 Å². The van der Waals surface area contributed by atoms with E-state index in [0.717, 1.165) is 32.5 Å². The van der Waals surface area contributed by atoms with Crippen molar-refractivity contribution < 1.29 is 9.42 Å². The van der Waals surface area contributed by atoms with Crippen LogP contribution in [0.5, 0.6) is 0 Å². The van der Waals surface area contributed by atoms with Gasteiger partial charge in [0, 0.05) is 31.5 Å². The number of aryl methyl sites for hydroxylation is 1. The molecular weight excluding hydrogens is 294 g/mol. The highest BCUT2D eigenvalue weighted by molar-refractivity contribution is 5.78. The monoisotopic (exact) mass is 315 g/mol. The van der Waals surface area contributed by atoms with Gasteiger partial charge in [0.1, 0.15) is 11.4 Å². The lowest BCUT2D eigenvalue weighted by Gasteiger charge is -2.33. The van der Waals surface area contributed by atoms with Crippen LogP contribution in [0.25, 0.3) is 0 Å². The van der Waals surface area contributed by atoms with Gasteiger partial charge in [-0.1, -0.05) is 16.4 Å². The number of likely N-dealkylation sites (tertiary alicyclic amines) is 1. The van der Waals surface area contributed by atoms with Crippen LogP contribution >= 0.6 is 0 Å². The number of piperidine rings is 1. The smallest absolute Gasteiger partial charge is 0.226 e. The second-order valence-electron chi connectivity index (χ2n) is 5.98. The third-order valence-corrected chi connectivity index (χ3v) is 4.07. The Morgan fingerprint density at radius 2 is 2.39 bits per heavy atom. The first kappa shape index (κ1) is 15.6. The highest BCUT2D eigenvalue weighted by Gasteiger charge is 2.22. The number of hydrogen-bond donors (Lipinski definition) is 1. The van der Waals surface area contributed by atoms with Gasteiger partial charge in [-0.05, 0) is 37.9 Å². The van der Waals surface area contributed by atoms with E-state index in [4.69, 9.17) is 0 Å². The molecule has 0 spiro atoms. The van der Waals surface area contributed by atoms with Crippen LogP contribution in [-0.4, -0.2) is 45.2 Å². The van der Waals surface area contributed by atoms with Crippen LogP contribution in [-0.2, 0) is 17.8 Å². The van der Waals surface area contributed by atoms with Gasteiger partial charge < -0.3 is 5.32 Å². The summed E-state index contributed by atoms with van der Waals surface area (Å²) in [5, 5.41) is 10.5. The van der Waals surface area contributed by atoms with E-state index in [1.165, 1.54) is 5.56 Å². The van der Waals surface area contributed by atoms with Gasteiger partial charge in [0.25, 0.3) is 0 Å². The van der Waals surface area contributed by atoms with Crippen LogP contribution in [0, 0.1) is 6.92 Å². The Kier molecular flexibility index (Phi) is 4.97. The molecular formula is C16H21N5O2. The summed E-state index contributed by atoms with van der Waals surface area (Å²) in [6.07, 6.45) is 5.97. The van der Waals surface area contributed by atoms with Crippen molar-refractivity contribution in [1.82, 2.24) is 25.5 Å². The van der Waals surface area contributed by atoms with E-state index in [-0.39, 0.29) is 18.4 Å². The van der Waals surface area contributed by atoms with Gasteiger partial charge in [-0.2, -0.15) is 0 Å². The number of hydrogen-bond acceptors (Lipinski definition) is 6. The molecule has 0 unspecified atom stereocenters. The molecule has 1 aliphatic heterocycles. The van der Waals surface area contributed by atoms with Crippen molar-refractivity contribution in [3.63, 3.8) is 0 Å². The molecule has 0 aromatic carbocycles. The molecule has 1 saturated heterocycles. The molecule has 7 heteroatoms. The maximum Gasteiger partial charge on any atom is 0.226 e. The predicted octanol–water partition coefficient (Wildman–Crippen LogP) is 1.10. The number of nitrogens with zero attached hydrogens (tertiary/aromatic N) is 4. The van der Waals surface area contributed by atoms with Crippen molar-refractivity contribution in [2.45, 2.75) is 38.8 Å². The number of rotatable bonds is 5. The quantitative estimate of drug-likeness (QED) is 0.889. The number of carbonyl (C=O) groups is 1. The van der Waals surface area contributed by atoms with Crippen molar-refractivity contribution in [3.8, 4) is 0 Å². The van der Waals surface area contributed by atoms with E-state index in [1.54, 1.807) is 13.1 Å². The lowest BCUT2D eigenvalue weighted by molar-refractivity contribution is -0.121. The molecule has 3 heterocycles. The minimum absolute atomic E-state index is 0.0305. The predicted molar refractivity (Wildman–Crippen MR) is 83.4 cm³/mol. The van der Waals surface area contributed by atoms with Crippen LogP contribution in [0.2, 0.25) is 0 Å². The Morgan fingerprint density at radius 3 is 3.13 bits per heavy atom. The number of aromatic nitrogens is 3. The molecule has 0 saturated carbocycles. The third-order valence-electron chi connectivity index (χ3n) is 4.07. The zero-order chi connectivity index (χ0) is 16.1. The fourth-order valence-corrected chi connectivity index (χ4v) is 2.91. The van der Waals surface area contributed by atoms with E-state index in [9.17, 15) is 4.79 Å². The summed E-state index contributed by atoms with van der Waals surface area (Å²) in [4.78, 5) is 18.7. The molecule has 122 valence electrons.